The van der Waals surface area contributed by atoms with Gasteiger partial charge in [0.2, 0.25) is 11.8 Å². The molecule has 6 nitrogen and oxygen atoms in total. The summed E-state index contributed by atoms with van der Waals surface area (Å²) in [7, 11) is 1.80. The highest BCUT2D eigenvalue weighted by molar-refractivity contribution is 8.00. The first kappa shape index (κ1) is 22.4. The van der Waals surface area contributed by atoms with Crippen LogP contribution in [0.15, 0.2) is 65.7 Å². The van der Waals surface area contributed by atoms with E-state index in [1.807, 2.05) is 84.1 Å². The summed E-state index contributed by atoms with van der Waals surface area (Å²) in [5.74, 6) is 0.445. The van der Waals surface area contributed by atoms with Gasteiger partial charge in [-0.3, -0.25) is 9.59 Å². The van der Waals surface area contributed by atoms with Crippen molar-refractivity contribution in [1.82, 2.24) is 9.47 Å². The predicted octanol–water partition coefficient (Wildman–Crippen LogP) is 4.03. The van der Waals surface area contributed by atoms with Crippen LogP contribution < -0.4 is 4.90 Å². The molecule has 0 unspecified atom stereocenters. The van der Waals surface area contributed by atoms with E-state index in [0.29, 0.717) is 18.8 Å². The van der Waals surface area contributed by atoms with Gasteiger partial charge in [-0.05, 0) is 32.0 Å². The fraction of sp³-hybridized carbons (Fsp3) is 0.360. The summed E-state index contributed by atoms with van der Waals surface area (Å²) < 4.78 is 7.75. The van der Waals surface area contributed by atoms with Gasteiger partial charge >= 0.3 is 0 Å². The molecule has 1 saturated heterocycles. The quantitative estimate of drug-likeness (QED) is 0.531. The second kappa shape index (κ2) is 9.79. The van der Waals surface area contributed by atoms with Crippen LogP contribution >= 0.6 is 11.8 Å². The SMILES string of the molecule is C[C@@H]1CN(C(=O)Cn2cc(SCC(=O)N(C)c3ccccc3)c3ccccc32)C[C@H](C)O1. The molecule has 168 valence electrons. The zero-order chi connectivity index (χ0) is 22.7. The van der Waals surface area contributed by atoms with Gasteiger partial charge in [0.05, 0.1) is 18.0 Å². The van der Waals surface area contributed by atoms with E-state index in [1.54, 1.807) is 11.9 Å². The Morgan fingerprint density at radius 2 is 1.69 bits per heavy atom. The Balaban J connectivity index is 1.48. The second-order valence-electron chi connectivity index (χ2n) is 8.27. The van der Waals surface area contributed by atoms with E-state index in [4.69, 9.17) is 4.74 Å². The van der Waals surface area contributed by atoms with Crippen molar-refractivity contribution < 1.29 is 14.3 Å². The molecule has 0 spiro atoms. The van der Waals surface area contributed by atoms with Gasteiger partial charge in [0.15, 0.2) is 0 Å². The predicted molar refractivity (Wildman–Crippen MR) is 129 cm³/mol. The maximum Gasteiger partial charge on any atom is 0.242 e. The van der Waals surface area contributed by atoms with Crippen LogP contribution in [0.1, 0.15) is 13.8 Å². The summed E-state index contributed by atoms with van der Waals surface area (Å²) in [5, 5.41) is 1.06. The van der Waals surface area contributed by atoms with Crippen molar-refractivity contribution in [3.63, 3.8) is 0 Å². The molecule has 0 saturated carbocycles. The van der Waals surface area contributed by atoms with Crippen LogP contribution in [0.4, 0.5) is 5.69 Å². The van der Waals surface area contributed by atoms with Gasteiger partial charge in [-0.25, -0.2) is 0 Å². The van der Waals surface area contributed by atoms with E-state index in [9.17, 15) is 9.59 Å². The number of morpholine rings is 1. The number of amides is 2. The average Bonchev–Trinajstić information content (AvgIpc) is 3.14. The number of thioether (sulfide) groups is 1. The van der Waals surface area contributed by atoms with Gasteiger partial charge < -0.3 is 19.1 Å². The molecule has 1 aliphatic heterocycles. The monoisotopic (exact) mass is 451 g/mol. The molecule has 7 heteroatoms. The molecule has 2 atom stereocenters. The number of aromatic nitrogens is 1. The number of carbonyl (C=O) groups is 2. The van der Waals surface area contributed by atoms with E-state index in [2.05, 4.69) is 0 Å². The van der Waals surface area contributed by atoms with Crippen molar-refractivity contribution in [3.8, 4) is 0 Å². The highest BCUT2D eigenvalue weighted by atomic mass is 32.2. The molecule has 1 fully saturated rings. The van der Waals surface area contributed by atoms with Gasteiger partial charge in [-0.15, -0.1) is 11.8 Å². The molecule has 32 heavy (non-hydrogen) atoms. The van der Waals surface area contributed by atoms with Crippen molar-refractivity contribution in [2.75, 3.05) is 30.8 Å². The number of fused-ring (bicyclic) bond motifs is 1. The summed E-state index contributed by atoms with van der Waals surface area (Å²) in [6.45, 7) is 5.51. The van der Waals surface area contributed by atoms with Crippen LogP contribution in [-0.4, -0.2) is 59.4 Å². The Kier molecular flexibility index (Phi) is 6.86. The summed E-state index contributed by atoms with van der Waals surface area (Å²) in [5.41, 5.74) is 1.88. The largest absolute Gasteiger partial charge is 0.372 e. The van der Waals surface area contributed by atoms with E-state index in [-0.39, 0.29) is 30.6 Å². The van der Waals surface area contributed by atoms with E-state index in [0.717, 1.165) is 21.5 Å². The van der Waals surface area contributed by atoms with E-state index in [1.165, 1.54) is 11.8 Å². The second-order valence-corrected chi connectivity index (χ2v) is 9.29. The van der Waals surface area contributed by atoms with E-state index >= 15 is 0 Å². The molecule has 0 N–H and O–H groups in total. The Morgan fingerprint density at radius 1 is 1.03 bits per heavy atom. The minimum atomic E-state index is 0.0328. The zero-order valence-corrected chi connectivity index (χ0v) is 19.5. The number of rotatable bonds is 6. The Labute approximate surface area is 193 Å². The topological polar surface area (TPSA) is 54.8 Å². The van der Waals surface area contributed by atoms with Crippen molar-refractivity contribution in [3.05, 3.63) is 60.8 Å². The molecule has 0 aliphatic carbocycles. The van der Waals surface area contributed by atoms with Gasteiger partial charge in [-0.2, -0.15) is 0 Å². The van der Waals surface area contributed by atoms with E-state index < -0.39 is 0 Å². The molecule has 2 aromatic carbocycles. The molecule has 2 heterocycles. The number of hydrogen-bond donors (Lipinski definition) is 0. The highest BCUT2D eigenvalue weighted by Crippen LogP contribution is 2.30. The van der Waals surface area contributed by atoms with Crippen LogP contribution in [0.25, 0.3) is 10.9 Å². The van der Waals surface area contributed by atoms with Crippen LogP contribution in [0.5, 0.6) is 0 Å². The van der Waals surface area contributed by atoms with Crippen molar-refractivity contribution in [2.45, 2.75) is 37.5 Å². The number of ether oxygens (including phenoxy) is 1. The maximum absolute atomic E-state index is 13.0. The lowest BCUT2D eigenvalue weighted by molar-refractivity contribution is -0.143. The fourth-order valence-electron chi connectivity index (χ4n) is 4.12. The number of carbonyl (C=O) groups excluding carboxylic acids is 2. The number of hydrogen-bond acceptors (Lipinski definition) is 4. The fourth-order valence-corrected chi connectivity index (χ4v) is 5.12. The third-order valence-corrected chi connectivity index (χ3v) is 6.73. The molecule has 2 amide bonds. The van der Waals surface area contributed by atoms with Crippen LogP contribution in [0, 0.1) is 0 Å². The number of nitrogens with zero attached hydrogens (tertiary/aromatic N) is 3. The highest BCUT2D eigenvalue weighted by Gasteiger charge is 2.26. The Morgan fingerprint density at radius 3 is 2.41 bits per heavy atom. The van der Waals surface area contributed by atoms with Gasteiger partial charge in [0.1, 0.15) is 6.54 Å². The van der Waals surface area contributed by atoms with Crippen molar-refractivity contribution >= 4 is 40.2 Å². The number of para-hydroxylation sites is 2. The van der Waals surface area contributed by atoms with Gasteiger partial charge in [-0.1, -0.05) is 36.4 Å². The van der Waals surface area contributed by atoms with Crippen molar-refractivity contribution in [1.29, 1.82) is 0 Å². The summed E-state index contributed by atoms with van der Waals surface area (Å²) in [6, 6.07) is 17.7. The van der Waals surface area contributed by atoms with Crippen molar-refractivity contribution in [2.24, 2.45) is 0 Å². The number of benzene rings is 2. The molecular formula is C25H29N3O3S. The van der Waals surface area contributed by atoms with Gasteiger partial charge in [0.25, 0.3) is 0 Å². The molecule has 3 aromatic rings. The third-order valence-electron chi connectivity index (χ3n) is 5.70. The first-order valence-corrected chi connectivity index (χ1v) is 11.9. The minimum Gasteiger partial charge on any atom is -0.372 e. The summed E-state index contributed by atoms with van der Waals surface area (Å²) >= 11 is 1.51. The third kappa shape index (κ3) is 5.00. The smallest absolute Gasteiger partial charge is 0.242 e. The maximum atomic E-state index is 13.0. The van der Waals surface area contributed by atoms with Gasteiger partial charge in [0, 0.05) is 47.8 Å². The average molecular weight is 452 g/mol. The zero-order valence-electron chi connectivity index (χ0n) is 18.7. The molecular weight excluding hydrogens is 422 g/mol. The van der Waals surface area contributed by atoms with Crippen LogP contribution in [0.2, 0.25) is 0 Å². The first-order valence-electron chi connectivity index (χ1n) is 10.9. The normalized spacial score (nSPS) is 18.7. The minimum absolute atomic E-state index is 0.0328. The summed E-state index contributed by atoms with van der Waals surface area (Å²) in [6.07, 6.45) is 2.08. The standard InChI is InChI=1S/C25H29N3O3S/c1-18-13-28(14-19(2)31-18)24(29)16-27-15-23(21-11-7-8-12-22(21)27)32-17-25(30)26(3)20-9-5-4-6-10-20/h4-12,15,18-19H,13-14,16-17H2,1-3H3/t18-,19+. The first-order chi connectivity index (χ1) is 15.4. The lowest BCUT2D eigenvalue weighted by atomic mass is 10.2. The molecule has 0 bridgehead atoms. The summed E-state index contributed by atoms with van der Waals surface area (Å²) in [4.78, 5) is 30.3. The molecule has 1 aromatic heterocycles. The molecule has 1 aliphatic rings. The Bertz CT molecular complexity index is 1090. The van der Waals surface area contributed by atoms with Crippen LogP contribution in [-0.2, 0) is 20.9 Å². The van der Waals surface area contributed by atoms with Crippen LogP contribution in [0.3, 0.4) is 0 Å². The molecule has 4 rings (SSSR count). The lowest BCUT2D eigenvalue weighted by Crippen LogP contribution is -2.49. The lowest BCUT2D eigenvalue weighted by Gasteiger charge is -2.35. The Hall–Kier alpha value is -2.77. The number of anilines is 1. The molecule has 0 radical (unpaired) electrons.